The lowest BCUT2D eigenvalue weighted by molar-refractivity contribution is 0.364. The highest BCUT2D eigenvalue weighted by Crippen LogP contribution is 2.21. The van der Waals surface area contributed by atoms with E-state index in [-0.39, 0.29) is 6.04 Å². The molecule has 0 bridgehead atoms. The maximum Gasteiger partial charge on any atom is 0.228 e. The molecule has 0 radical (unpaired) electrons. The van der Waals surface area contributed by atoms with Gasteiger partial charge in [0.1, 0.15) is 0 Å². The van der Waals surface area contributed by atoms with Crippen LogP contribution in [0.3, 0.4) is 0 Å². The van der Waals surface area contributed by atoms with Crippen molar-refractivity contribution < 1.29 is 4.52 Å². The van der Waals surface area contributed by atoms with Crippen LogP contribution >= 0.6 is 11.8 Å². The summed E-state index contributed by atoms with van der Waals surface area (Å²) < 4.78 is 5.19. The third-order valence-electron chi connectivity index (χ3n) is 2.86. The predicted molar refractivity (Wildman–Crippen MR) is 77.0 cm³/mol. The molecule has 1 unspecified atom stereocenters. The summed E-state index contributed by atoms with van der Waals surface area (Å²) in [5.74, 6) is 2.08. The normalized spacial score (nSPS) is 12.6. The van der Waals surface area contributed by atoms with Gasteiger partial charge in [0.05, 0.1) is 5.75 Å². The number of nitrogens with two attached hydrogens (primary N) is 1. The zero-order chi connectivity index (χ0) is 13.7. The van der Waals surface area contributed by atoms with Gasteiger partial charge in [0.2, 0.25) is 5.89 Å². The summed E-state index contributed by atoms with van der Waals surface area (Å²) in [6, 6.07) is 8.51. The minimum atomic E-state index is 0.0954. The third kappa shape index (κ3) is 4.36. The van der Waals surface area contributed by atoms with Crippen molar-refractivity contribution >= 4 is 11.8 Å². The summed E-state index contributed by atoms with van der Waals surface area (Å²) in [6.45, 7) is 4.13. The van der Waals surface area contributed by atoms with Gasteiger partial charge in [0.15, 0.2) is 5.82 Å². The second-order valence-corrected chi connectivity index (χ2v) is 5.63. The standard InChI is InChI=1S/C14H19N3OS/c1-3-11(15)8-14-16-13(17-18-14)9-19-12-6-4-10(2)5-7-12/h4-7,11H,3,8-9,15H2,1-2H3. The molecule has 1 aromatic carbocycles. The topological polar surface area (TPSA) is 64.9 Å². The molecule has 1 heterocycles. The van der Waals surface area contributed by atoms with Gasteiger partial charge in [-0.15, -0.1) is 11.8 Å². The van der Waals surface area contributed by atoms with Crippen molar-refractivity contribution in [1.82, 2.24) is 10.1 Å². The first-order valence-corrected chi connectivity index (χ1v) is 7.42. The van der Waals surface area contributed by atoms with Gasteiger partial charge in [-0.2, -0.15) is 4.98 Å². The summed E-state index contributed by atoms with van der Waals surface area (Å²) in [4.78, 5) is 5.56. The molecule has 0 spiro atoms. The van der Waals surface area contributed by atoms with E-state index in [1.165, 1.54) is 10.5 Å². The lowest BCUT2D eigenvalue weighted by atomic mass is 10.2. The number of aryl methyl sites for hydroxylation is 1. The monoisotopic (exact) mass is 277 g/mol. The fraction of sp³-hybridized carbons (Fsp3) is 0.429. The number of hydrogen-bond donors (Lipinski definition) is 1. The highest BCUT2D eigenvalue weighted by atomic mass is 32.2. The second-order valence-electron chi connectivity index (χ2n) is 4.58. The molecule has 1 atom stereocenters. The van der Waals surface area contributed by atoms with Gasteiger partial charge < -0.3 is 10.3 Å². The van der Waals surface area contributed by atoms with Crippen LogP contribution in [-0.2, 0) is 12.2 Å². The van der Waals surface area contributed by atoms with Gasteiger partial charge in [-0.3, -0.25) is 0 Å². The number of thioether (sulfide) groups is 1. The van der Waals surface area contributed by atoms with Crippen molar-refractivity contribution in [1.29, 1.82) is 0 Å². The predicted octanol–water partition coefficient (Wildman–Crippen LogP) is 2.95. The molecule has 0 aliphatic heterocycles. The van der Waals surface area contributed by atoms with Crippen molar-refractivity contribution in [2.45, 2.75) is 43.4 Å². The molecular weight excluding hydrogens is 258 g/mol. The van der Waals surface area contributed by atoms with Crippen LogP contribution in [0.1, 0.15) is 30.6 Å². The average molecular weight is 277 g/mol. The fourth-order valence-corrected chi connectivity index (χ4v) is 2.32. The van der Waals surface area contributed by atoms with E-state index in [0.29, 0.717) is 18.1 Å². The molecule has 102 valence electrons. The molecule has 0 aliphatic carbocycles. The molecular formula is C14H19N3OS. The van der Waals surface area contributed by atoms with E-state index in [2.05, 4.69) is 48.3 Å². The van der Waals surface area contributed by atoms with Gasteiger partial charge in [0, 0.05) is 17.4 Å². The molecule has 2 rings (SSSR count). The van der Waals surface area contributed by atoms with Crippen LogP contribution in [0, 0.1) is 6.92 Å². The molecule has 5 heteroatoms. The van der Waals surface area contributed by atoms with E-state index in [9.17, 15) is 0 Å². The summed E-state index contributed by atoms with van der Waals surface area (Å²) in [7, 11) is 0. The van der Waals surface area contributed by atoms with Crippen LogP contribution in [0.2, 0.25) is 0 Å². The molecule has 0 aliphatic rings. The average Bonchev–Trinajstić information content (AvgIpc) is 2.85. The van der Waals surface area contributed by atoms with Crippen LogP contribution in [0.4, 0.5) is 0 Å². The van der Waals surface area contributed by atoms with Crippen LogP contribution in [0.5, 0.6) is 0 Å². The quantitative estimate of drug-likeness (QED) is 0.822. The summed E-state index contributed by atoms with van der Waals surface area (Å²) in [5.41, 5.74) is 7.12. The van der Waals surface area contributed by atoms with Crippen LogP contribution < -0.4 is 5.73 Å². The van der Waals surface area contributed by atoms with E-state index >= 15 is 0 Å². The van der Waals surface area contributed by atoms with E-state index < -0.39 is 0 Å². The largest absolute Gasteiger partial charge is 0.339 e. The lowest BCUT2D eigenvalue weighted by Gasteiger charge is -2.02. The Morgan fingerprint density at radius 2 is 2.05 bits per heavy atom. The Bertz CT molecular complexity index is 510. The van der Waals surface area contributed by atoms with E-state index in [0.717, 1.165) is 12.2 Å². The third-order valence-corrected chi connectivity index (χ3v) is 3.87. The molecule has 0 fully saturated rings. The molecule has 0 saturated carbocycles. The number of nitrogens with zero attached hydrogens (tertiary/aromatic N) is 2. The highest BCUT2D eigenvalue weighted by molar-refractivity contribution is 7.98. The SMILES string of the molecule is CCC(N)Cc1nc(CSc2ccc(C)cc2)no1. The molecule has 0 saturated heterocycles. The first-order chi connectivity index (χ1) is 9.17. The van der Waals surface area contributed by atoms with Crippen molar-refractivity contribution in [3.05, 3.63) is 41.5 Å². The summed E-state index contributed by atoms with van der Waals surface area (Å²) in [5, 5.41) is 3.97. The maximum atomic E-state index is 5.86. The first-order valence-electron chi connectivity index (χ1n) is 6.44. The highest BCUT2D eigenvalue weighted by Gasteiger charge is 2.10. The summed E-state index contributed by atoms with van der Waals surface area (Å²) >= 11 is 1.70. The van der Waals surface area contributed by atoms with Crippen LogP contribution in [0.15, 0.2) is 33.7 Å². The first kappa shape index (κ1) is 14.1. The Labute approximate surface area is 117 Å². The maximum absolute atomic E-state index is 5.86. The van der Waals surface area contributed by atoms with Crippen molar-refractivity contribution in [3.8, 4) is 0 Å². The molecule has 2 N–H and O–H groups in total. The Morgan fingerprint density at radius 3 is 2.74 bits per heavy atom. The molecule has 19 heavy (non-hydrogen) atoms. The molecule has 2 aromatic rings. The molecule has 4 nitrogen and oxygen atoms in total. The Hall–Kier alpha value is -1.33. The van der Waals surface area contributed by atoms with Gasteiger partial charge >= 0.3 is 0 Å². The molecule has 0 amide bonds. The van der Waals surface area contributed by atoms with Gasteiger partial charge in [-0.05, 0) is 25.5 Å². The Morgan fingerprint density at radius 1 is 1.32 bits per heavy atom. The van der Waals surface area contributed by atoms with Crippen molar-refractivity contribution in [2.75, 3.05) is 0 Å². The minimum absolute atomic E-state index is 0.0954. The fourth-order valence-electron chi connectivity index (χ4n) is 1.58. The Kier molecular flexibility index (Phi) is 4.99. The number of benzene rings is 1. The van der Waals surface area contributed by atoms with Crippen molar-refractivity contribution in [3.63, 3.8) is 0 Å². The summed E-state index contributed by atoms with van der Waals surface area (Å²) in [6.07, 6.45) is 1.56. The van der Waals surface area contributed by atoms with E-state index in [1.54, 1.807) is 11.8 Å². The van der Waals surface area contributed by atoms with Crippen LogP contribution in [0.25, 0.3) is 0 Å². The van der Waals surface area contributed by atoms with E-state index in [1.807, 2.05) is 0 Å². The smallest absolute Gasteiger partial charge is 0.228 e. The van der Waals surface area contributed by atoms with Gasteiger partial charge in [-0.25, -0.2) is 0 Å². The molecule has 1 aromatic heterocycles. The number of aromatic nitrogens is 2. The number of rotatable bonds is 6. The van der Waals surface area contributed by atoms with Crippen LogP contribution in [-0.4, -0.2) is 16.2 Å². The van der Waals surface area contributed by atoms with E-state index in [4.69, 9.17) is 10.3 Å². The van der Waals surface area contributed by atoms with Crippen molar-refractivity contribution in [2.24, 2.45) is 5.73 Å². The van der Waals surface area contributed by atoms with Gasteiger partial charge in [-0.1, -0.05) is 29.8 Å². The van der Waals surface area contributed by atoms with Gasteiger partial charge in [0.25, 0.3) is 0 Å². The zero-order valence-electron chi connectivity index (χ0n) is 11.3. The number of hydrogen-bond acceptors (Lipinski definition) is 5. The second kappa shape index (κ2) is 6.73. The Balaban J connectivity index is 1.88. The minimum Gasteiger partial charge on any atom is -0.339 e. The zero-order valence-corrected chi connectivity index (χ0v) is 12.1. The lowest BCUT2D eigenvalue weighted by Crippen LogP contribution is -2.21.